The fraction of sp³-hybridized carbons (Fsp3) is 0.368. The van der Waals surface area contributed by atoms with Gasteiger partial charge in [-0.05, 0) is 37.1 Å². The number of carbonyl (C=O) groups excluding carboxylic acids is 1. The number of sulfonamides is 1. The number of hydrogen-bond donors (Lipinski definition) is 1. The third-order valence-electron chi connectivity index (χ3n) is 4.80. The molecule has 0 unspecified atom stereocenters. The summed E-state index contributed by atoms with van der Waals surface area (Å²) in [5, 5.41) is 2.79. The first-order valence-electron chi connectivity index (χ1n) is 9.15. The Labute approximate surface area is 163 Å². The van der Waals surface area contributed by atoms with Gasteiger partial charge in [0.1, 0.15) is 19.3 Å². The molecule has 0 aliphatic carbocycles. The molecule has 2 aromatic rings. The quantitative estimate of drug-likeness (QED) is 0.809. The lowest BCUT2D eigenvalue weighted by Gasteiger charge is -2.24. The molecule has 1 fully saturated rings. The molecule has 1 atom stereocenters. The third kappa shape index (κ3) is 3.67. The number of amides is 1. The van der Waals surface area contributed by atoms with Crippen LogP contribution in [-0.2, 0) is 21.4 Å². The van der Waals surface area contributed by atoms with Crippen LogP contribution in [0.25, 0.3) is 0 Å². The van der Waals surface area contributed by atoms with Crippen molar-refractivity contribution in [3.63, 3.8) is 0 Å². The lowest BCUT2D eigenvalue weighted by molar-refractivity contribution is -0.124. The van der Waals surface area contributed by atoms with Crippen LogP contribution in [0.4, 0.5) is 0 Å². The molecule has 0 spiro atoms. The first kappa shape index (κ1) is 18.7. The first-order valence-corrected chi connectivity index (χ1v) is 10.6. The van der Waals surface area contributed by atoms with Crippen molar-refractivity contribution in [2.24, 2.45) is 0 Å². The molecule has 0 saturated carbocycles. The van der Waals surface area contributed by atoms with E-state index in [9.17, 15) is 13.2 Å². The Kier molecular flexibility index (Phi) is 5.19. The van der Waals surface area contributed by atoms with Gasteiger partial charge in [-0.15, -0.1) is 0 Å². The maximum absolute atomic E-state index is 13.1. The number of aromatic nitrogens is 1. The van der Waals surface area contributed by atoms with Gasteiger partial charge in [-0.25, -0.2) is 8.42 Å². The van der Waals surface area contributed by atoms with Gasteiger partial charge in [-0.2, -0.15) is 4.31 Å². The van der Waals surface area contributed by atoms with E-state index in [0.717, 1.165) is 5.69 Å². The molecule has 8 nitrogen and oxygen atoms in total. The highest BCUT2D eigenvalue weighted by molar-refractivity contribution is 7.89. The minimum Gasteiger partial charge on any atom is -0.486 e. The van der Waals surface area contributed by atoms with Crippen molar-refractivity contribution in [2.45, 2.75) is 30.3 Å². The molecule has 0 radical (unpaired) electrons. The second-order valence-corrected chi connectivity index (χ2v) is 8.51. The van der Waals surface area contributed by atoms with Crippen LogP contribution in [0.5, 0.6) is 11.5 Å². The normalized spacial score (nSPS) is 19.4. The summed E-state index contributed by atoms with van der Waals surface area (Å²) in [7, 11) is -3.83. The van der Waals surface area contributed by atoms with Crippen LogP contribution in [-0.4, -0.2) is 49.4 Å². The number of fused-ring (bicyclic) bond motifs is 1. The Bertz CT molecular complexity index is 965. The van der Waals surface area contributed by atoms with Crippen molar-refractivity contribution in [2.75, 3.05) is 19.8 Å². The monoisotopic (exact) mass is 403 g/mol. The van der Waals surface area contributed by atoms with Gasteiger partial charge in [-0.1, -0.05) is 6.07 Å². The van der Waals surface area contributed by atoms with E-state index in [1.54, 1.807) is 24.4 Å². The molecule has 0 bridgehead atoms. The lowest BCUT2D eigenvalue weighted by Crippen LogP contribution is -2.45. The van der Waals surface area contributed by atoms with Gasteiger partial charge in [0.2, 0.25) is 15.9 Å². The molecular formula is C19H21N3O5S. The third-order valence-corrected chi connectivity index (χ3v) is 6.70. The van der Waals surface area contributed by atoms with Gasteiger partial charge in [-0.3, -0.25) is 9.78 Å². The average Bonchev–Trinajstić information content (AvgIpc) is 3.23. The molecule has 1 aromatic carbocycles. The molecule has 1 N–H and O–H groups in total. The van der Waals surface area contributed by atoms with E-state index in [1.807, 2.05) is 6.07 Å². The van der Waals surface area contributed by atoms with Gasteiger partial charge < -0.3 is 14.8 Å². The minimum absolute atomic E-state index is 0.0983. The van der Waals surface area contributed by atoms with Crippen molar-refractivity contribution in [3.8, 4) is 11.5 Å². The van der Waals surface area contributed by atoms with Crippen LogP contribution < -0.4 is 14.8 Å². The van der Waals surface area contributed by atoms with Gasteiger partial charge in [0.25, 0.3) is 0 Å². The van der Waals surface area contributed by atoms with Crippen molar-refractivity contribution < 1.29 is 22.7 Å². The van der Waals surface area contributed by atoms with Gasteiger partial charge in [0.05, 0.1) is 17.1 Å². The van der Waals surface area contributed by atoms with Crippen molar-refractivity contribution >= 4 is 15.9 Å². The molecule has 1 amide bonds. The summed E-state index contributed by atoms with van der Waals surface area (Å²) in [5.74, 6) is 0.614. The highest BCUT2D eigenvalue weighted by Crippen LogP contribution is 2.34. The van der Waals surface area contributed by atoms with E-state index in [0.29, 0.717) is 44.1 Å². The predicted octanol–water partition coefficient (Wildman–Crippen LogP) is 1.32. The topological polar surface area (TPSA) is 97.8 Å². The molecular weight excluding hydrogens is 382 g/mol. The SMILES string of the molecule is O=C(NCc1ccccn1)[C@@H]1CCCN1S(=O)(=O)c1ccc2c(c1)OCCO2. The number of benzene rings is 1. The molecule has 148 valence electrons. The number of hydrogen-bond acceptors (Lipinski definition) is 6. The summed E-state index contributed by atoms with van der Waals surface area (Å²) in [4.78, 5) is 16.9. The zero-order valence-corrected chi connectivity index (χ0v) is 16.0. The number of carbonyl (C=O) groups is 1. The zero-order valence-electron chi connectivity index (χ0n) is 15.2. The summed E-state index contributed by atoms with van der Waals surface area (Å²) in [6, 6.07) is 9.25. The highest BCUT2D eigenvalue weighted by Gasteiger charge is 2.39. The van der Waals surface area contributed by atoms with E-state index in [1.165, 1.54) is 16.4 Å². The number of pyridine rings is 1. The van der Waals surface area contributed by atoms with E-state index in [-0.39, 0.29) is 17.3 Å². The second kappa shape index (κ2) is 7.76. The summed E-state index contributed by atoms with van der Waals surface area (Å²) in [6.07, 6.45) is 2.76. The molecule has 1 aromatic heterocycles. The van der Waals surface area contributed by atoms with E-state index < -0.39 is 16.1 Å². The van der Waals surface area contributed by atoms with Crippen LogP contribution in [0.1, 0.15) is 18.5 Å². The standard InChI is InChI=1S/C19H21N3O5S/c23-19(21-13-14-4-1-2-8-20-14)16-5-3-9-22(16)28(24,25)15-6-7-17-18(12-15)27-11-10-26-17/h1-2,4,6-8,12,16H,3,5,9-11,13H2,(H,21,23)/t16-/m0/s1. The smallest absolute Gasteiger partial charge is 0.243 e. The van der Waals surface area contributed by atoms with Gasteiger partial charge >= 0.3 is 0 Å². The molecule has 28 heavy (non-hydrogen) atoms. The summed E-state index contributed by atoms with van der Waals surface area (Å²) >= 11 is 0. The van der Waals surface area contributed by atoms with Crippen molar-refractivity contribution in [1.29, 1.82) is 0 Å². The Morgan fingerprint density at radius 1 is 1.18 bits per heavy atom. The fourth-order valence-corrected chi connectivity index (χ4v) is 5.08. The molecule has 2 aliphatic rings. The highest BCUT2D eigenvalue weighted by atomic mass is 32.2. The zero-order chi connectivity index (χ0) is 19.6. The van der Waals surface area contributed by atoms with Crippen LogP contribution in [0, 0.1) is 0 Å². The van der Waals surface area contributed by atoms with Gasteiger partial charge in [0, 0.05) is 18.8 Å². The van der Waals surface area contributed by atoms with Gasteiger partial charge in [0.15, 0.2) is 11.5 Å². The maximum Gasteiger partial charge on any atom is 0.243 e. The Morgan fingerprint density at radius 2 is 2.00 bits per heavy atom. The summed E-state index contributed by atoms with van der Waals surface area (Å²) < 4.78 is 38.5. The molecule has 1 saturated heterocycles. The minimum atomic E-state index is -3.83. The predicted molar refractivity (Wildman–Crippen MR) is 100 cm³/mol. The average molecular weight is 403 g/mol. The summed E-state index contributed by atoms with van der Waals surface area (Å²) in [5.41, 5.74) is 0.718. The van der Waals surface area contributed by atoms with E-state index in [4.69, 9.17) is 9.47 Å². The Balaban J connectivity index is 1.51. The molecule has 2 aliphatic heterocycles. The second-order valence-electron chi connectivity index (χ2n) is 6.62. The molecule has 3 heterocycles. The van der Waals surface area contributed by atoms with Crippen LogP contribution in [0.15, 0.2) is 47.5 Å². The van der Waals surface area contributed by atoms with Crippen LogP contribution >= 0.6 is 0 Å². The van der Waals surface area contributed by atoms with Crippen molar-refractivity contribution in [3.05, 3.63) is 48.3 Å². The van der Waals surface area contributed by atoms with E-state index in [2.05, 4.69) is 10.3 Å². The maximum atomic E-state index is 13.1. The Hall–Kier alpha value is -2.65. The number of ether oxygens (including phenoxy) is 2. The molecule has 9 heteroatoms. The first-order chi connectivity index (χ1) is 13.6. The molecule has 4 rings (SSSR count). The fourth-order valence-electron chi connectivity index (χ4n) is 3.41. The Morgan fingerprint density at radius 3 is 2.79 bits per heavy atom. The lowest BCUT2D eigenvalue weighted by atomic mass is 10.2. The summed E-state index contributed by atoms with van der Waals surface area (Å²) in [6.45, 7) is 1.37. The van der Waals surface area contributed by atoms with Crippen molar-refractivity contribution in [1.82, 2.24) is 14.6 Å². The largest absolute Gasteiger partial charge is 0.486 e. The van der Waals surface area contributed by atoms with Crippen LogP contribution in [0.3, 0.4) is 0 Å². The van der Waals surface area contributed by atoms with E-state index >= 15 is 0 Å². The number of nitrogens with one attached hydrogen (secondary N) is 1. The number of rotatable bonds is 5. The van der Waals surface area contributed by atoms with Crippen LogP contribution in [0.2, 0.25) is 0 Å². The number of nitrogens with zero attached hydrogens (tertiary/aromatic N) is 2.